The van der Waals surface area contributed by atoms with Gasteiger partial charge in [0, 0.05) is 0 Å². The number of rotatable bonds is 2. The van der Waals surface area contributed by atoms with Crippen molar-refractivity contribution in [2.45, 2.75) is 44.6 Å². The Bertz CT molecular complexity index is 164. The fourth-order valence-electron chi connectivity index (χ4n) is 1.74. The third-order valence-corrected chi connectivity index (χ3v) is 2.88. The van der Waals surface area contributed by atoms with Crippen LogP contribution in [0.1, 0.15) is 39.0 Å². The third-order valence-electron chi connectivity index (χ3n) is 2.52. The second-order valence-electron chi connectivity index (χ2n) is 3.17. The van der Waals surface area contributed by atoms with E-state index in [0.29, 0.717) is 0 Å². The van der Waals surface area contributed by atoms with Crippen molar-refractivity contribution in [3.63, 3.8) is 0 Å². The molecule has 1 fully saturated rings. The van der Waals surface area contributed by atoms with E-state index in [-0.39, 0.29) is 5.60 Å². The van der Waals surface area contributed by atoms with Crippen molar-refractivity contribution >= 4 is 29.2 Å². The minimum atomic E-state index is -0.556. The highest BCUT2D eigenvalue weighted by atomic mass is 127. The van der Waals surface area contributed by atoms with Crippen LogP contribution < -0.4 is 0 Å². The summed E-state index contributed by atoms with van der Waals surface area (Å²) in [6.07, 6.45) is 4.60. The second-order valence-corrected chi connectivity index (χ2v) is 3.61. The van der Waals surface area contributed by atoms with Crippen molar-refractivity contribution in [3.8, 4) is 0 Å². The molecule has 0 saturated heterocycles. The molecular formula is C8H13IO3. The number of halogens is 1. The van der Waals surface area contributed by atoms with E-state index < -0.39 is 6.16 Å². The molecule has 0 aromatic carbocycles. The van der Waals surface area contributed by atoms with Crippen LogP contribution >= 0.6 is 23.0 Å². The molecule has 0 aromatic heterocycles. The normalized spacial score (nSPS) is 20.5. The molecule has 0 radical (unpaired) electrons. The highest BCUT2D eigenvalue weighted by Gasteiger charge is 2.36. The number of carbonyl (C=O) groups is 1. The first-order valence-corrected chi connectivity index (χ1v) is 5.12. The minimum Gasteiger partial charge on any atom is -0.427 e. The first-order valence-electron chi connectivity index (χ1n) is 4.24. The van der Waals surface area contributed by atoms with Gasteiger partial charge in [-0.15, -0.1) is 0 Å². The maximum Gasteiger partial charge on any atom is 0.518 e. The topological polar surface area (TPSA) is 35.5 Å². The molecule has 0 N–H and O–H groups in total. The van der Waals surface area contributed by atoms with E-state index in [2.05, 4.69) is 3.07 Å². The number of carbonyl (C=O) groups excluding carboxylic acids is 1. The van der Waals surface area contributed by atoms with Gasteiger partial charge in [-0.05, 0) is 32.1 Å². The van der Waals surface area contributed by atoms with Gasteiger partial charge in [0.25, 0.3) is 0 Å². The Morgan fingerprint density at radius 3 is 2.50 bits per heavy atom. The minimum absolute atomic E-state index is 0.220. The largest absolute Gasteiger partial charge is 0.518 e. The molecule has 1 saturated carbocycles. The molecule has 0 aliphatic heterocycles. The van der Waals surface area contributed by atoms with E-state index in [1.54, 1.807) is 23.0 Å². The number of hydrogen-bond acceptors (Lipinski definition) is 3. The second kappa shape index (κ2) is 4.30. The summed E-state index contributed by atoms with van der Waals surface area (Å²) < 4.78 is 9.68. The fourth-order valence-corrected chi connectivity index (χ4v) is 1.83. The van der Waals surface area contributed by atoms with E-state index >= 15 is 0 Å². The molecular weight excluding hydrogens is 271 g/mol. The van der Waals surface area contributed by atoms with Gasteiger partial charge in [0.05, 0.1) is 0 Å². The molecule has 0 spiro atoms. The summed E-state index contributed by atoms with van der Waals surface area (Å²) in [4.78, 5) is 10.9. The van der Waals surface area contributed by atoms with Gasteiger partial charge in [0.15, 0.2) is 23.0 Å². The van der Waals surface area contributed by atoms with Gasteiger partial charge in [0.1, 0.15) is 5.60 Å². The van der Waals surface area contributed by atoms with E-state index in [0.717, 1.165) is 32.1 Å². The van der Waals surface area contributed by atoms with E-state index in [4.69, 9.17) is 4.74 Å². The molecule has 1 rings (SSSR count). The quantitative estimate of drug-likeness (QED) is 0.577. The van der Waals surface area contributed by atoms with Gasteiger partial charge >= 0.3 is 6.16 Å². The van der Waals surface area contributed by atoms with E-state index in [1.807, 2.05) is 6.92 Å². The van der Waals surface area contributed by atoms with Crippen LogP contribution in [0, 0.1) is 0 Å². The third kappa shape index (κ3) is 2.24. The molecule has 0 unspecified atom stereocenters. The molecule has 0 atom stereocenters. The lowest BCUT2D eigenvalue weighted by Gasteiger charge is -2.25. The van der Waals surface area contributed by atoms with Crippen molar-refractivity contribution in [2.24, 2.45) is 0 Å². The summed E-state index contributed by atoms with van der Waals surface area (Å²) in [6.45, 7) is 2.05. The molecule has 0 amide bonds. The zero-order valence-corrected chi connectivity index (χ0v) is 9.30. The fraction of sp³-hybridized carbons (Fsp3) is 0.875. The maximum absolute atomic E-state index is 10.9. The van der Waals surface area contributed by atoms with Crippen molar-refractivity contribution in [1.82, 2.24) is 0 Å². The van der Waals surface area contributed by atoms with Crippen molar-refractivity contribution in [3.05, 3.63) is 0 Å². The molecule has 0 aromatic rings. The van der Waals surface area contributed by atoms with Crippen molar-refractivity contribution in [2.75, 3.05) is 0 Å². The van der Waals surface area contributed by atoms with Gasteiger partial charge in [-0.2, -0.15) is 0 Å². The Morgan fingerprint density at radius 1 is 1.50 bits per heavy atom. The van der Waals surface area contributed by atoms with Crippen LogP contribution in [0.4, 0.5) is 4.79 Å². The lowest BCUT2D eigenvalue weighted by molar-refractivity contribution is -0.00570. The Hall–Kier alpha value is 0. The Morgan fingerprint density at radius 2 is 2.08 bits per heavy atom. The standard InChI is InChI=1S/C8H13IO3/c1-2-8(5-3-4-6-8)11-7(10)12-9/h2-6H2,1H3. The molecule has 0 bridgehead atoms. The highest BCUT2D eigenvalue weighted by molar-refractivity contribution is 14.1. The summed E-state index contributed by atoms with van der Waals surface area (Å²) in [5, 5.41) is 0. The Kier molecular flexibility index (Phi) is 3.61. The van der Waals surface area contributed by atoms with Crippen LogP contribution in [-0.4, -0.2) is 11.8 Å². The van der Waals surface area contributed by atoms with Crippen molar-refractivity contribution in [1.29, 1.82) is 0 Å². The summed E-state index contributed by atoms with van der Waals surface area (Å²) >= 11 is 1.55. The zero-order chi connectivity index (χ0) is 9.03. The van der Waals surface area contributed by atoms with Crippen molar-refractivity contribution < 1.29 is 12.6 Å². The van der Waals surface area contributed by atoms with Gasteiger partial charge in [-0.1, -0.05) is 6.92 Å². The zero-order valence-electron chi connectivity index (χ0n) is 7.14. The first-order chi connectivity index (χ1) is 5.72. The maximum atomic E-state index is 10.9. The van der Waals surface area contributed by atoms with E-state index in [1.165, 1.54) is 0 Å². The SMILES string of the molecule is CCC1(OC(=O)OI)CCCC1. The molecule has 12 heavy (non-hydrogen) atoms. The monoisotopic (exact) mass is 284 g/mol. The summed E-state index contributed by atoms with van der Waals surface area (Å²) in [5.41, 5.74) is -0.220. The van der Waals surface area contributed by atoms with Crippen LogP contribution in [0.15, 0.2) is 0 Å². The van der Waals surface area contributed by atoms with E-state index in [9.17, 15) is 4.79 Å². The predicted molar refractivity (Wildman–Crippen MR) is 53.1 cm³/mol. The van der Waals surface area contributed by atoms with Gasteiger partial charge in [-0.3, -0.25) is 0 Å². The molecule has 1 aliphatic rings. The first kappa shape index (κ1) is 10.1. The van der Waals surface area contributed by atoms with Gasteiger partial charge < -0.3 is 7.80 Å². The molecule has 4 heteroatoms. The molecule has 70 valence electrons. The summed E-state index contributed by atoms with van der Waals surface area (Å²) in [7, 11) is 0. The lowest BCUT2D eigenvalue weighted by Crippen LogP contribution is -2.30. The van der Waals surface area contributed by atoms with Crippen LogP contribution in [0.2, 0.25) is 0 Å². The van der Waals surface area contributed by atoms with Crippen LogP contribution in [0.5, 0.6) is 0 Å². The smallest absolute Gasteiger partial charge is 0.427 e. The average Bonchev–Trinajstić information content (AvgIpc) is 2.54. The lowest BCUT2D eigenvalue weighted by atomic mass is 9.99. The van der Waals surface area contributed by atoms with Crippen LogP contribution in [-0.2, 0) is 7.80 Å². The number of ether oxygens (including phenoxy) is 1. The number of hydrogen-bond donors (Lipinski definition) is 0. The molecule has 1 aliphatic carbocycles. The summed E-state index contributed by atoms with van der Waals surface area (Å²) in [6, 6.07) is 0. The average molecular weight is 284 g/mol. The van der Waals surface area contributed by atoms with Gasteiger partial charge in [-0.25, -0.2) is 4.79 Å². The molecule has 0 heterocycles. The van der Waals surface area contributed by atoms with Crippen LogP contribution in [0.25, 0.3) is 0 Å². The van der Waals surface area contributed by atoms with Gasteiger partial charge in [0.2, 0.25) is 0 Å². The summed E-state index contributed by atoms with van der Waals surface area (Å²) in [5.74, 6) is 0. The highest BCUT2D eigenvalue weighted by Crippen LogP contribution is 2.36. The Labute approximate surface area is 86.5 Å². The predicted octanol–water partition coefficient (Wildman–Crippen LogP) is 3.21. The Balaban J connectivity index is 2.49. The van der Waals surface area contributed by atoms with Crippen LogP contribution in [0.3, 0.4) is 0 Å². The molecule has 3 nitrogen and oxygen atoms in total.